The Hall–Kier alpha value is -4.40. The number of thiazole rings is 1. The lowest BCUT2D eigenvalue weighted by Gasteiger charge is -2.47. The number of aromatic nitrogens is 3. The van der Waals surface area contributed by atoms with E-state index in [4.69, 9.17) is 4.74 Å². The van der Waals surface area contributed by atoms with Crippen LogP contribution in [0.5, 0.6) is 5.75 Å². The van der Waals surface area contributed by atoms with E-state index in [0.29, 0.717) is 66.5 Å². The quantitative estimate of drug-likeness (QED) is 0.138. The number of piperidine rings is 1. The van der Waals surface area contributed by atoms with Gasteiger partial charge in [0.2, 0.25) is 0 Å². The number of benzene rings is 3. The number of carbonyl (C=O) groups is 1. The van der Waals surface area contributed by atoms with Crippen molar-refractivity contribution in [1.29, 1.82) is 0 Å². The number of ether oxygens (including phenoxy) is 1. The van der Waals surface area contributed by atoms with E-state index in [0.717, 1.165) is 54.0 Å². The van der Waals surface area contributed by atoms with Crippen molar-refractivity contribution in [2.45, 2.75) is 37.5 Å². The van der Waals surface area contributed by atoms with Gasteiger partial charge in [0, 0.05) is 43.9 Å². The summed E-state index contributed by atoms with van der Waals surface area (Å²) in [7, 11) is 0. The molecule has 2 saturated heterocycles. The van der Waals surface area contributed by atoms with Crippen molar-refractivity contribution >= 4 is 27.5 Å². The summed E-state index contributed by atoms with van der Waals surface area (Å²) in [6.07, 6.45) is 2.85. The number of hydrogen-bond donors (Lipinski definition) is 5. The zero-order valence-corrected chi connectivity index (χ0v) is 27.8. The average Bonchev–Trinajstić information content (AvgIpc) is 3.76. The molecule has 5 aromatic rings. The molecular formula is C36H39FN6O5S. The summed E-state index contributed by atoms with van der Waals surface area (Å²) in [5.74, 6) is 0.274. The third-order valence-electron chi connectivity index (χ3n) is 9.46. The summed E-state index contributed by atoms with van der Waals surface area (Å²) < 4.78 is 21.5. The Bertz CT molecular complexity index is 1990. The molecule has 2 aromatic heterocycles. The molecule has 11 nitrogen and oxygen atoms in total. The lowest BCUT2D eigenvalue weighted by Crippen LogP contribution is -2.58. The third-order valence-corrected chi connectivity index (χ3v) is 10.4. The van der Waals surface area contributed by atoms with E-state index in [-0.39, 0.29) is 28.9 Å². The van der Waals surface area contributed by atoms with Gasteiger partial charge in [0.15, 0.2) is 0 Å². The van der Waals surface area contributed by atoms with Crippen LogP contribution in [0.1, 0.15) is 46.1 Å². The van der Waals surface area contributed by atoms with E-state index in [1.165, 1.54) is 12.1 Å². The van der Waals surface area contributed by atoms with Gasteiger partial charge >= 0.3 is 4.87 Å². The van der Waals surface area contributed by atoms with Crippen molar-refractivity contribution < 1.29 is 24.1 Å². The first-order valence-electron chi connectivity index (χ1n) is 16.5. The van der Waals surface area contributed by atoms with Crippen molar-refractivity contribution in [2.75, 3.05) is 45.9 Å². The lowest BCUT2D eigenvalue weighted by atomic mass is 9.89. The summed E-state index contributed by atoms with van der Waals surface area (Å²) in [6.45, 7) is 4.46. The molecule has 1 atom stereocenters. The molecular weight excluding hydrogens is 647 g/mol. The minimum atomic E-state index is -0.878. The maximum Gasteiger partial charge on any atom is 0.305 e. The van der Waals surface area contributed by atoms with Crippen molar-refractivity contribution in [3.8, 4) is 17.1 Å². The second-order valence-corrected chi connectivity index (χ2v) is 13.9. The number of likely N-dealkylation sites (tertiary alicyclic amines) is 1. The molecule has 0 unspecified atom stereocenters. The maximum absolute atomic E-state index is 14.7. The first kappa shape index (κ1) is 33.1. The van der Waals surface area contributed by atoms with E-state index in [1.807, 2.05) is 41.3 Å². The number of amides is 1. The molecule has 2 fully saturated rings. The highest BCUT2D eigenvalue weighted by Crippen LogP contribution is 2.33. The van der Waals surface area contributed by atoms with Gasteiger partial charge in [0.1, 0.15) is 28.6 Å². The van der Waals surface area contributed by atoms with E-state index in [2.05, 4.69) is 25.2 Å². The summed E-state index contributed by atoms with van der Waals surface area (Å²) in [6, 6.07) is 17.9. The highest BCUT2D eigenvalue weighted by Gasteiger charge is 2.41. The third kappa shape index (κ3) is 7.46. The van der Waals surface area contributed by atoms with Crippen LogP contribution in [0.4, 0.5) is 4.39 Å². The van der Waals surface area contributed by atoms with Gasteiger partial charge in [0.25, 0.3) is 5.91 Å². The number of rotatable bonds is 10. The monoisotopic (exact) mass is 686 g/mol. The van der Waals surface area contributed by atoms with Crippen LogP contribution in [-0.2, 0) is 17.7 Å². The predicted molar refractivity (Wildman–Crippen MR) is 185 cm³/mol. The summed E-state index contributed by atoms with van der Waals surface area (Å²) >= 11 is 0.951. The topological polar surface area (TPSA) is 147 Å². The average molecular weight is 687 g/mol. The number of phenolic OH excluding ortho intramolecular Hbond substituents is 1. The van der Waals surface area contributed by atoms with Crippen LogP contribution >= 0.6 is 11.3 Å². The minimum Gasteiger partial charge on any atom is -0.506 e. The Labute approximate surface area is 286 Å². The summed E-state index contributed by atoms with van der Waals surface area (Å²) in [5.41, 5.74) is 3.64. The number of nitrogens with one attached hydrogen (secondary N) is 3. The first-order chi connectivity index (χ1) is 23.7. The molecule has 3 aromatic carbocycles. The van der Waals surface area contributed by atoms with Crippen LogP contribution in [0.3, 0.4) is 0 Å². The Morgan fingerprint density at radius 2 is 1.88 bits per heavy atom. The number of fused-ring (bicyclic) bond motifs is 1. The zero-order chi connectivity index (χ0) is 34.0. The molecule has 4 heterocycles. The molecule has 1 amide bonds. The Balaban J connectivity index is 0.898. The molecule has 5 N–H and O–H groups in total. The largest absolute Gasteiger partial charge is 0.506 e. The Morgan fingerprint density at radius 1 is 1.08 bits per heavy atom. The molecule has 13 heteroatoms. The van der Waals surface area contributed by atoms with Crippen LogP contribution in [0.15, 0.2) is 71.7 Å². The number of nitrogens with zero attached hydrogens (tertiary/aromatic N) is 3. The highest BCUT2D eigenvalue weighted by molar-refractivity contribution is 7.16. The molecule has 0 bridgehead atoms. The molecule has 1 spiro atoms. The van der Waals surface area contributed by atoms with Gasteiger partial charge in [-0.25, -0.2) is 9.37 Å². The number of carbonyl (C=O) groups excluding carboxylic acids is 1. The number of hydrogen-bond acceptors (Lipinski definition) is 9. The number of aromatic amines is 2. The van der Waals surface area contributed by atoms with Gasteiger partial charge in [-0.15, -0.1) is 0 Å². The normalized spacial score (nSPS) is 17.1. The fourth-order valence-corrected chi connectivity index (χ4v) is 7.79. The van der Waals surface area contributed by atoms with Gasteiger partial charge in [-0.05, 0) is 55.1 Å². The van der Waals surface area contributed by atoms with Gasteiger partial charge in [-0.3, -0.25) is 14.5 Å². The summed E-state index contributed by atoms with van der Waals surface area (Å²) in [4.78, 5) is 39.3. The number of halogens is 1. The number of aromatic hydroxyl groups is 1. The fourth-order valence-electron chi connectivity index (χ4n) is 6.88. The number of phenols is 1. The van der Waals surface area contributed by atoms with E-state index >= 15 is 0 Å². The van der Waals surface area contributed by atoms with Crippen molar-refractivity contribution in [3.05, 3.63) is 105 Å². The van der Waals surface area contributed by atoms with Gasteiger partial charge in [-0.2, -0.15) is 0 Å². The van der Waals surface area contributed by atoms with E-state index in [1.54, 1.807) is 18.3 Å². The standard InChI is InChI=1S/C36H39FN6O5S/c37-26-17-23(8-11-38-20-30(45)27-6-7-29(44)31-32(27)49-35(47)41-31)16-24(18-26)21-42-12-9-36(10-13-42)22-43(14-15-48-36)34(46)28-19-39-33(40-28)25-4-2-1-3-5-25/h1-7,16-19,30,38,44-45H,8-15,20-22H2,(H,39,40)(H,41,47)/t30-/m0/s1. The van der Waals surface area contributed by atoms with Crippen molar-refractivity contribution in [3.63, 3.8) is 0 Å². The smallest absolute Gasteiger partial charge is 0.305 e. The predicted octanol–water partition coefficient (Wildman–Crippen LogP) is 4.20. The van der Waals surface area contributed by atoms with Gasteiger partial charge < -0.3 is 35.1 Å². The van der Waals surface area contributed by atoms with Crippen LogP contribution in [0.2, 0.25) is 0 Å². The Kier molecular flexibility index (Phi) is 9.61. The van der Waals surface area contributed by atoms with Gasteiger partial charge in [0.05, 0.1) is 35.8 Å². The SMILES string of the molecule is O=C(c1cnc(-c2ccccc2)[nH]1)N1CCOC2(CCN(Cc3cc(F)cc(CCNC[C@H](O)c4ccc(O)c5[nH]c(=O)sc45)c3)CC2)C1. The molecule has 0 aliphatic carbocycles. The van der Waals surface area contributed by atoms with Crippen molar-refractivity contribution in [1.82, 2.24) is 30.1 Å². The minimum absolute atomic E-state index is 0.0343. The van der Waals surface area contributed by atoms with Crippen LogP contribution in [0.25, 0.3) is 21.6 Å². The molecule has 0 radical (unpaired) electrons. The number of aliphatic hydroxyl groups excluding tert-OH is 1. The van der Waals surface area contributed by atoms with E-state index < -0.39 is 11.7 Å². The second-order valence-electron chi connectivity index (χ2n) is 12.9. The van der Waals surface area contributed by atoms with Crippen LogP contribution < -0.4 is 10.2 Å². The Morgan fingerprint density at radius 3 is 2.69 bits per heavy atom. The summed E-state index contributed by atoms with van der Waals surface area (Å²) in [5, 5.41) is 24.0. The fraction of sp³-hybridized carbons (Fsp3) is 0.361. The second kappa shape index (κ2) is 14.2. The first-order valence-corrected chi connectivity index (χ1v) is 17.3. The molecule has 256 valence electrons. The van der Waals surface area contributed by atoms with E-state index in [9.17, 15) is 24.2 Å². The number of morpholine rings is 1. The highest BCUT2D eigenvalue weighted by atomic mass is 32.1. The zero-order valence-electron chi connectivity index (χ0n) is 27.0. The van der Waals surface area contributed by atoms with Crippen molar-refractivity contribution in [2.24, 2.45) is 0 Å². The van der Waals surface area contributed by atoms with Crippen LogP contribution in [0, 0.1) is 5.82 Å². The molecule has 7 rings (SSSR count). The van der Waals surface area contributed by atoms with Gasteiger partial charge in [-0.1, -0.05) is 53.8 Å². The molecule has 2 aliphatic rings. The molecule has 2 aliphatic heterocycles. The number of aliphatic hydroxyl groups is 1. The lowest BCUT2D eigenvalue weighted by molar-refractivity contribution is -0.128. The molecule has 49 heavy (non-hydrogen) atoms. The maximum atomic E-state index is 14.7. The van der Waals surface area contributed by atoms with Crippen LogP contribution in [-0.4, -0.2) is 92.3 Å². The number of H-pyrrole nitrogens is 2. The number of imidazole rings is 1. The molecule has 0 saturated carbocycles.